The van der Waals surface area contributed by atoms with Crippen molar-refractivity contribution >= 4 is 5.97 Å². The van der Waals surface area contributed by atoms with Crippen LogP contribution in [0, 0.1) is 0 Å². The first-order chi connectivity index (χ1) is 8.52. The van der Waals surface area contributed by atoms with Gasteiger partial charge in [0.2, 0.25) is 0 Å². The molecule has 0 aliphatic rings. The van der Waals surface area contributed by atoms with Crippen molar-refractivity contribution in [3.8, 4) is 5.75 Å². The van der Waals surface area contributed by atoms with Gasteiger partial charge in [-0.25, -0.2) is 4.79 Å². The van der Waals surface area contributed by atoms with E-state index in [-0.39, 0.29) is 0 Å². The quantitative estimate of drug-likeness (QED) is 0.787. The Bertz CT molecular complexity index is 385. The first-order valence-corrected chi connectivity index (χ1v) is 6.21. The van der Waals surface area contributed by atoms with E-state index in [1.54, 1.807) is 26.0 Å². The van der Waals surface area contributed by atoms with E-state index in [0.717, 1.165) is 12.2 Å². The molecule has 0 amide bonds. The van der Waals surface area contributed by atoms with Crippen molar-refractivity contribution < 1.29 is 14.3 Å². The summed E-state index contributed by atoms with van der Waals surface area (Å²) in [6, 6.07) is 7.22. The average Bonchev–Trinajstić information content (AvgIpc) is 2.37. The lowest BCUT2D eigenvalue weighted by molar-refractivity contribution is -0.149. The molecule has 2 N–H and O–H groups in total. The maximum atomic E-state index is 11.7. The van der Waals surface area contributed by atoms with Gasteiger partial charge in [-0.2, -0.15) is 0 Å². The summed E-state index contributed by atoms with van der Waals surface area (Å²) in [5.74, 6) is 0.354. The van der Waals surface area contributed by atoms with Crippen molar-refractivity contribution in [1.82, 2.24) is 0 Å². The molecule has 0 spiro atoms. The molecule has 4 heteroatoms. The number of carbonyl (C=O) groups is 1. The summed E-state index contributed by atoms with van der Waals surface area (Å²) in [4.78, 5) is 11.7. The monoisotopic (exact) mass is 251 g/mol. The molecule has 100 valence electrons. The standard InChI is InChI=1S/C14H21NO3/c1-4-10-18-12-8-6-11(7-9-12)14(3,15)13(16)17-5-2/h6-9H,4-5,10,15H2,1-3H3. The number of hydrogen-bond acceptors (Lipinski definition) is 4. The van der Waals surface area contributed by atoms with Crippen LogP contribution in [0.25, 0.3) is 0 Å². The Morgan fingerprint density at radius 1 is 1.28 bits per heavy atom. The predicted molar refractivity (Wildman–Crippen MR) is 70.4 cm³/mol. The Balaban J connectivity index is 2.80. The summed E-state index contributed by atoms with van der Waals surface area (Å²) in [5, 5.41) is 0. The van der Waals surface area contributed by atoms with Crippen molar-refractivity contribution in [3.63, 3.8) is 0 Å². The van der Waals surface area contributed by atoms with Gasteiger partial charge in [0.1, 0.15) is 11.3 Å². The van der Waals surface area contributed by atoms with Gasteiger partial charge in [-0.15, -0.1) is 0 Å². The lowest BCUT2D eigenvalue weighted by Crippen LogP contribution is -2.43. The summed E-state index contributed by atoms with van der Waals surface area (Å²) in [6.45, 7) is 6.45. The molecule has 0 aromatic heterocycles. The van der Waals surface area contributed by atoms with Gasteiger partial charge in [0, 0.05) is 0 Å². The first-order valence-electron chi connectivity index (χ1n) is 6.21. The van der Waals surface area contributed by atoms with Gasteiger partial charge >= 0.3 is 5.97 Å². The van der Waals surface area contributed by atoms with Crippen LogP contribution in [0.5, 0.6) is 5.75 Å². The van der Waals surface area contributed by atoms with Crippen LogP contribution in [0.3, 0.4) is 0 Å². The molecule has 1 rings (SSSR count). The van der Waals surface area contributed by atoms with Crippen molar-refractivity contribution in [1.29, 1.82) is 0 Å². The van der Waals surface area contributed by atoms with Crippen LogP contribution in [-0.4, -0.2) is 19.2 Å². The lowest BCUT2D eigenvalue weighted by Gasteiger charge is -2.22. The minimum atomic E-state index is -1.13. The summed E-state index contributed by atoms with van der Waals surface area (Å²) in [7, 11) is 0. The van der Waals surface area contributed by atoms with Crippen LogP contribution in [0.1, 0.15) is 32.8 Å². The molecule has 0 fully saturated rings. The molecule has 4 nitrogen and oxygen atoms in total. The van der Waals surface area contributed by atoms with Gasteiger partial charge in [0.05, 0.1) is 13.2 Å². The van der Waals surface area contributed by atoms with E-state index in [2.05, 4.69) is 0 Å². The summed E-state index contributed by atoms with van der Waals surface area (Å²) >= 11 is 0. The van der Waals surface area contributed by atoms with E-state index in [4.69, 9.17) is 15.2 Å². The zero-order chi connectivity index (χ0) is 13.6. The van der Waals surface area contributed by atoms with Crippen LogP contribution >= 0.6 is 0 Å². The highest BCUT2D eigenvalue weighted by atomic mass is 16.5. The molecule has 1 atom stereocenters. The lowest BCUT2D eigenvalue weighted by atomic mass is 9.93. The van der Waals surface area contributed by atoms with E-state index in [1.807, 2.05) is 19.1 Å². The van der Waals surface area contributed by atoms with Crippen LogP contribution in [0.15, 0.2) is 24.3 Å². The molecule has 0 saturated carbocycles. The Hall–Kier alpha value is -1.55. The molecular weight excluding hydrogens is 230 g/mol. The van der Waals surface area contributed by atoms with Crippen molar-refractivity contribution in [2.24, 2.45) is 5.73 Å². The van der Waals surface area contributed by atoms with Crippen LogP contribution < -0.4 is 10.5 Å². The maximum absolute atomic E-state index is 11.7. The van der Waals surface area contributed by atoms with Gasteiger partial charge < -0.3 is 15.2 Å². The summed E-state index contributed by atoms with van der Waals surface area (Å²) in [6.07, 6.45) is 0.958. The molecule has 1 unspecified atom stereocenters. The largest absolute Gasteiger partial charge is 0.494 e. The Morgan fingerprint density at radius 2 is 1.89 bits per heavy atom. The highest BCUT2D eigenvalue weighted by Crippen LogP contribution is 2.22. The molecule has 0 aliphatic carbocycles. The molecule has 18 heavy (non-hydrogen) atoms. The highest BCUT2D eigenvalue weighted by molar-refractivity contribution is 5.81. The molecule has 0 radical (unpaired) electrons. The van der Waals surface area contributed by atoms with E-state index in [0.29, 0.717) is 18.8 Å². The molecule has 0 heterocycles. The Labute approximate surface area is 108 Å². The number of hydrogen-bond donors (Lipinski definition) is 1. The smallest absolute Gasteiger partial charge is 0.330 e. The second-order valence-electron chi connectivity index (χ2n) is 4.30. The molecular formula is C14H21NO3. The fourth-order valence-corrected chi connectivity index (χ4v) is 1.52. The number of carbonyl (C=O) groups excluding carboxylic acids is 1. The number of nitrogens with two attached hydrogens (primary N) is 1. The van der Waals surface area contributed by atoms with E-state index < -0.39 is 11.5 Å². The van der Waals surface area contributed by atoms with Gasteiger partial charge in [0.15, 0.2) is 0 Å². The number of esters is 1. The van der Waals surface area contributed by atoms with Crippen LogP contribution in [0.4, 0.5) is 0 Å². The molecule has 1 aromatic carbocycles. The average molecular weight is 251 g/mol. The molecule has 1 aromatic rings. The molecule has 0 saturated heterocycles. The van der Waals surface area contributed by atoms with Crippen LogP contribution in [0.2, 0.25) is 0 Å². The van der Waals surface area contributed by atoms with Crippen molar-refractivity contribution in [2.75, 3.05) is 13.2 Å². The van der Waals surface area contributed by atoms with Crippen molar-refractivity contribution in [3.05, 3.63) is 29.8 Å². The Morgan fingerprint density at radius 3 is 2.39 bits per heavy atom. The third kappa shape index (κ3) is 3.47. The maximum Gasteiger partial charge on any atom is 0.330 e. The van der Waals surface area contributed by atoms with E-state index in [9.17, 15) is 4.79 Å². The zero-order valence-corrected chi connectivity index (χ0v) is 11.2. The third-order valence-electron chi connectivity index (χ3n) is 2.63. The van der Waals surface area contributed by atoms with Gasteiger partial charge in [-0.3, -0.25) is 0 Å². The first kappa shape index (κ1) is 14.5. The Kier molecular flexibility index (Phi) is 5.16. The fraction of sp³-hybridized carbons (Fsp3) is 0.500. The second kappa shape index (κ2) is 6.40. The van der Waals surface area contributed by atoms with Gasteiger partial charge in [0.25, 0.3) is 0 Å². The minimum absolute atomic E-state index is 0.323. The molecule has 0 aliphatic heterocycles. The minimum Gasteiger partial charge on any atom is -0.494 e. The number of rotatable bonds is 6. The number of ether oxygens (including phenoxy) is 2. The zero-order valence-electron chi connectivity index (χ0n) is 11.2. The fourth-order valence-electron chi connectivity index (χ4n) is 1.52. The normalized spacial score (nSPS) is 13.8. The second-order valence-corrected chi connectivity index (χ2v) is 4.30. The SMILES string of the molecule is CCCOc1ccc(C(C)(N)C(=O)OCC)cc1. The summed E-state index contributed by atoms with van der Waals surface area (Å²) in [5.41, 5.74) is 5.59. The highest BCUT2D eigenvalue weighted by Gasteiger charge is 2.31. The van der Waals surface area contributed by atoms with E-state index in [1.165, 1.54) is 0 Å². The van der Waals surface area contributed by atoms with Crippen LogP contribution in [-0.2, 0) is 15.1 Å². The van der Waals surface area contributed by atoms with Gasteiger partial charge in [-0.1, -0.05) is 19.1 Å². The topological polar surface area (TPSA) is 61.5 Å². The third-order valence-corrected chi connectivity index (χ3v) is 2.63. The van der Waals surface area contributed by atoms with Crippen molar-refractivity contribution in [2.45, 2.75) is 32.7 Å². The number of benzene rings is 1. The predicted octanol–water partition coefficient (Wildman–Crippen LogP) is 2.21. The summed E-state index contributed by atoms with van der Waals surface area (Å²) < 4.78 is 10.4. The molecule has 0 bridgehead atoms. The van der Waals surface area contributed by atoms with E-state index >= 15 is 0 Å². The van der Waals surface area contributed by atoms with Gasteiger partial charge in [-0.05, 0) is 38.0 Å².